The van der Waals surface area contributed by atoms with Crippen LogP contribution < -0.4 is 0 Å². The fourth-order valence-electron chi connectivity index (χ4n) is 12.8. The van der Waals surface area contributed by atoms with Gasteiger partial charge in [-0.25, -0.2) is 0 Å². The molecule has 5 saturated carbocycles. The summed E-state index contributed by atoms with van der Waals surface area (Å²) in [5.74, 6) is 0.829. The average molecular weight is 605 g/mol. The number of allylic oxidation sites excluding steroid dienone is 1. The molecule has 0 spiro atoms. The highest BCUT2D eigenvalue weighted by molar-refractivity contribution is 5.76. The predicted molar refractivity (Wildman–Crippen MR) is 161 cm³/mol. The molecule has 0 aromatic heterocycles. The molecule has 0 aromatic rings. The van der Waals surface area contributed by atoms with Crippen LogP contribution in [-0.4, -0.2) is 75.4 Å². The second-order valence-corrected chi connectivity index (χ2v) is 16.7. The molecule has 0 bridgehead atoms. The number of aliphatic hydroxyl groups excluding tert-OH is 4. The lowest BCUT2D eigenvalue weighted by atomic mass is 9.32. The summed E-state index contributed by atoms with van der Waals surface area (Å²) >= 11 is 0. The fraction of sp³-hybridized carbons (Fsp3) is 0.914. The van der Waals surface area contributed by atoms with Crippen LogP contribution >= 0.6 is 0 Å². The van der Waals surface area contributed by atoms with Gasteiger partial charge in [-0.2, -0.15) is 0 Å². The van der Waals surface area contributed by atoms with Crippen molar-refractivity contribution in [2.75, 3.05) is 13.2 Å². The topological polar surface area (TPSA) is 137 Å². The van der Waals surface area contributed by atoms with Crippen LogP contribution in [0.3, 0.4) is 0 Å². The maximum absolute atomic E-state index is 12.9. The highest BCUT2D eigenvalue weighted by Gasteiger charge is 2.72. The van der Waals surface area contributed by atoms with Gasteiger partial charge in [0.25, 0.3) is 0 Å². The third-order valence-corrected chi connectivity index (χ3v) is 15.3. The van der Waals surface area contributed by atoms with E-state index in [1.54, 1.807) is 0 Å². The summed E-state index contributed by atoms with van der Waals surface area (Å²) < 4.78 is 12.0. The molecule has 6 aliphatic rings. The maximum Gasteiger partial charge on any atom is 0.309 e. The number of ether oxygens (including phenoxy) is 2. The molecular formula is C35H56O8. The van der Waals surface area contributed by atoms with Crippen LogP contribution in [0, 0.1) is 56.7 Å². The molecule has 1 heterocycles. The molecule has 15 atom stereocenters. The van der Waals surface area contributed by atoms with E-state index >= 15 is 0 Å². The first-order valence-electron chi connectivity index (χ1n) is 16.9. The zero-order valence-electron chi connectivity index (χ0n) is 26.9. The number of hydrogen-bond acceptors (Lipinski definition) is 7. The standard InChI is InChI=1S/C35H56O8/c1-19(2)20-9-14-35(30(40)41)16-15-33(5)21(26(20)35)7-8-24-31(3)12-11-25(43-29-28(39)27(38)22(37)17-42-29)32(4,18-36)23(31)10-13-34(24,33)6/h20-29,36-39H,1,7-18H2,2-6H3,(H,40,41)/t20-,21-,22+,23-,24-,25+,26+,27-,28+,29-,31-,32+,33-,34-,35+/m1/s1. The van der Waals surface area contributed by atoms with Crippen molar-refractivity contribution in [3.63, 3.8) is 0 Å². The molecule has 6 rings (SSSR count). The third kappa shape index (κ3) is 4.18. The van der Waals surface area contributed by atoms with Crippen LogP contribution in [0.4, 0.5) is 0 Å². The molecule has 0 unspecified atom stereocenters. The van der Waals surface area contributed by atoms with Crippen molar-refractivity contribution >= 4 is 5.97 Å². The number of carbonyl (C=O) groups is 1. The lowest BCUT2D eigenvalue weighted by Gasteiger charge is -2.73. The van der Waals surface area contributed by atoms with Crippen LogP contribution in [-0.2, 0) is 14.3 Å². The van der Waals surface area contributed by atoms with Gasteiger partial charge < -0.3 is 35.0 Å². The van der Waals surface area contributed by atoms with Gasteiger partial charge >= 0.3 is 5.97 Å². The van der Waals surface area contributed by atoms with Crippen LogP contribution in [0.15, 0.2) is 12.2 Å². The maximum atomic E-state index is 12.9. The van der Waals surface area contributed by atoms with Gasteiger partial charge in [0.2, 0.25) is 0 Å². The summed E-state index contributed by atoms with van der Waals surface area (Å²) in [6.07, 6.45) is 3.90. The van der Waals surface area contributed by atoms with Gasteiger partial charge in [-0.3, -0.25) is 4.79 Å². The van der Waals surface area contributed by atoms with Crippen molar-refractivity contribution in [2.24, 2.45) is 56.7 Å². The third-order valence-electron chi connectivity index (χ3n) is 15.3. The Morgan fingerprint density at radius 3 is 2.26 bits per heavy atom. The minimum Gasteiger partial charge on any atom is -0.481 e. The first-order valence-corrected chi connectivity index (χ1v) is 16.9. The number of hydrogen-bond donors (Lipinski definition) is 5. The van der Waals surface area contributed by atoms with Gasteiger partial charge in [-0.05, 0) is 117 Å². The summed E-state index contributed by atoms with van der Waals surface area (Å²) in [7, 11) is 0. The minimum atomic E-state index is -1.35. The molecule has 244 valence electrons. The van der Waals surface area contributed by atoms with Crippen molar-refractivity contribution in [3.8, 4) is 0 Å². The Hall–Kier alpha value is -1.03. The lowest BCUT2D eigenvalue weighted by molar-refractivity contribution is -0.316. The van der Waals surface area contributed by atoms with E-state index in [0.717, 1.165) is 63.4 Å². The molecule has 0 radical (unpaired) electrons. The molecule has 43 heavy (non-hydrogen) atoms. The fourth-order valence-corrected chi connectivity index (χ4v) is 12.8. The molecule has 5 N–H and O–H groups in total. The van der Waals surface area contributed by atoms with Crippen LogP contribution in [0.5, 0.6) is 0 Å². The second kappa shape index (κ2) is 10.5. The molecule has 1 aliphatic heterocycles. The van der Waals surface area contributed by atoms with E-state index in [1.165, 1.54) is 0 Å². The summed E-state index contributed by atoms with van der Waals surface area (Å²) in [4.78, 5) is 12.9. The average Bonchev–Trinajstić information content (AvgIpc) is 3.36. The first kappa shape index (κ1) is 31.9. The van der Waals surface area contributed by atoms with Crippen molar-refractivity contribution in [2.45, 2.75) is 130 Å². The lowest BCUT2D eigenvalue weighted by Crippen LogP contribution is -2.68. The van der Waals surface area contributed by atoms with Crippen LogP contribution in [0.1, 0.15) is 98.8 Å². The number of fused-ring (bicyclic) bond motifs is 7. The number of carboxylic acids is 1. The monoisotopic (exact) mass is 604 g/mol. The van der Waals surface area contributed by atoms with Crippen LogP contribution in [0.2, 0.25) is 0 Å². The van der Waals surface area contributed by atoms with Gasteiger partial charge in [-0.15, -0.1) is 0 Å². The van der Waals surface area contributed by atoms with Crippen molar-refractivity contribution in [1.29, 1.82) is 0 Å². The predicted octanol–water partition coefficient (Wildman–Crippen LogP) is 4.53. The number of rotatable bonds is 5. The minimum absolute atomic E-state index is 0.0230. The Bertz CT molecular complexity index is 1130. The van der Waals surface area contributed by atoms with E-state index in [-0.39, 0.29) is 53.3 Å². The van der Waals surface area contributed by atoms with Gasteiger partial charge in [0, 0.05) is 5.41 Å². The van der Waals surface area contributed by atoms with E-state index in [4.69, 9.17) is 9.47 Å². The van der Waals surface area contributed by atoms with Gasteiger partial charge in [0.15, 0.2) is 6.29 Å². The SMILES string of the molecule is C=C(C)[C@H]1CC[C@]2(C(=O)O)CC[C@]3(C)[C@H](CC[C@@H]4[C@]5(C)CC[C@H](O[C@H]6OC[C@H](O)[C@@H](O)[C@@H]6O)[C@@](C)(CO)[C@@H]5CC[C@]43C)[C@H]12. The van der Waals surface area contributed by atoms with Gasteiger partial charge in [0.1, 0.15) is 18.3 Å². The molecule has 8 nitrogen and oxygen atoms in total. The largest absolute Gasteiger partial charge is 0.481 e. The van der Waals surface area contributed by atoms with E-state index in [2.05, 4.69) is 41.2 Å². The smallest absolute Gasteiger partial charge is 0.309 e. The normalized spacial score (nSPS) is 56.3. The zero-order chi connectivity index (χ0) is 31.3. The highest BCUT2D eigenvalue weighted by Crippen LogP contribution is 2.77. The van der Waals surface area contributed by atoms with E-state index in [9.17, 15) is 30.3 Å². The molecule has 0 amide bonds. The number of carboxylic acid groups (broad SMARTS) is 1. The van der Waals surface area contributed by atoms with Crippen molar-refractivity contribution < 1.29 is 39.8 Å². The Balaban J connectivity index is 1.30. The van der Waals surface area contributed by atoms with Crippen LogP contribution in [0.25, 0.3) is 0 Å². The quantitative estimate of drug-likeness (QED) is 0.228. The Morgan fingerprint density at radius 2 is 1.60 bits per heavy atom. The Kier molecular flexibility index (Phi) is 7.79. The highest BCUT2D eigenvalue weighted by atomic mass is 16.7. The number of aliphatic carboxylic acids is 1. The summed E-state index contributed by atoms with van der Waals surface area (Å²) in [5, 5.41) is 52.4. The van der Waals surface area contributed by atoms with Crippen molar-refractivity contribution in [3.05, 3.63) is 12.2 Å². The second-order valence-electron chi connectivity index (χ2n) is 16.7. The molecule has 6 fully saturated rings. The summed E-state index contributed by atoms with van der Waals surface area (Å²) in [6, 6.07) is 0. The van der Waals surface area contributed by atoms with Crippen molar-refractivity contribution in [1.82, 2.24) is 0 Å². The van der Waals surface area contributed by atoms with Gasteiger partial charge in [-0.1, -0.05) is 39.8 Å². The Labute approximate surface area is 257 Å². The Morgan fingerprint density at radius 1 is 0.884 bits per heavy atom. The first-order chi connectivity index (χ1) is 20.1. The molecular weight excluding hydrogens is 548 g/mol. The summed E-state index contributed by atoms with van der Waals surface area (Å²) in [6.45, 7) is 15.9. The summed E-state index contributed by atoms with van der Waals surface area (Å²) in [5.41, 5.74) is 0.0272. The van der Waals surface area contributed by atoms with E-state index in [1.807, 2.05) is 0 Å². The zero-order valence-corrected chi connectivity index (χ0v) is 26.9. The van der Waals surface area contributed by atoms with Gasteiger partial charge in [0.05, 0.1) is 24.7 Å². The molecule has 0 aromatic carbocycles. The molecule has 1 saturated heterocycles. The number of aliphatic hydroxyl groups is 4. The van der Waals surface area contributed by atoms with E-state index < -0.39 is 41.4 Å². The van der Waals surface area contributed by atoms with E-state index in [0.29, 0.717) is 18.3 Å². The molecule has 5 aliphatic carbocycles. The molecule has 8 heteroatoms.